The fourth-order valence-electron chi connectivity index (χ4n) is 1.69. The van der Waals surface area contributed by atoms with E-state index in [0.717, 1.165) is 5.69 Å². The van der Waals surface area contributed by atoms with Crippen LogP contribution < -0.4 is 5.32 Å². The van der Waals surface area contributed by atoms with Crippen LogP contribution in [0.25, 0.3) is 0 Å². The molecule has 6 heteroatoms. The van der Waals surface area contributed by atoms with E-state index in [1.54, 1.807) is 33.0 Å². The highest BCUT2D eigenvalue weighted by atomic mass is 16.6. The van der Waals surface area contributed by atoms with Crippen molar-refractivity contribution < 1.29 is 14.3 Å². The van der Waals surface area contributed by atoms with Gasteiger partial charge in [-0.05, 0) is 26.8 Å². The van der Waals surface area contributed by atoms with Gasteiger partial charge in [-0.1, -0.05) is 0 Å². The Hall–Kier alpha value is -1.85. The van der Waals surface area contributed by atoms with Crippen molar-refractivity contribution in [3.05, 3.63) is 18.0 Å². The quantitative estimate of drug-likeness (QED) is 0.790. The summed E-state index contributed by atoms with van der Waals surface area (Å²) in [4.78, 5) is 23.3. The molecule has 0 saturated heterocycles. The normalized spacial score (nSPS) is 19.0. The molecule has 0 saturated carbocycles. The average molecular weight is 237 g/mol. The van der Waals surface area contributed by atoms with Gasteiger partial charge in [0.2, 0.25) is 0 Å². The maximum absolute atomic E-state index is 11.8. The number of nitrogens with zero attached hydrogens (tertiary/aromatic N) is 2. The van der Waals surface area contributed by atoms with Crippen LogP contribution >= 0.6 is 0 Å². The van der Waals surface area contributed by atoms with Gasteiger partial charge >= 0.3 is 6.09 Å². The molecule has 1 aromatic rings. The zero-order chi connectivity index (χ0) is 12.6. The largest absolute Gasteiger partial charge is 0.444 e. The molecule has 1 aromatic heterocycles. The van der Waals surface area contributed by atoms with E-state index < -0.39 is 17.7 Å². The molecule has 1 aliphatic heterocycles. The molecule has 0 aromatic carbocycles. The molecule has 0 spiro atoms. The van der Waals surface area contributed by atoms with E-state index in [1.807, 2.05) is 0 Å². The Labute approximate surface area is 98.9 Å². The lowest BCUT2D eigenvalue weighted by Crippen LogP contribution is -2.43. The van der Waals surface area contributed by atoms with E-state index in [0.29, 0.717) is 6.42 Å². The first-order valence-corrected chi connectivity index (χ1v) is 5.43. The first-order valence-electron chi connectivity index (χ1n) is 5.43. The molecule has 2 rings (SSSR count). The Kier molecular flexibility index (Phi) is 2.65. The molecule has 17 heavy (non-hydrogen) atoms. The fourth-order valence-corrected chi connectivity index (χ4v) is 1.69. The second-order valence-corrected chi connectivity index (χ2v) is 4.98. The maximum Gasteiger partial charge on any atom is 0.408 e. The van der Waals surface area contributed by atoms with E-state index in [-0.39, 0.29) is 5.91 Å². The minimum absolute atomic E-state index is 0.226. The number of hydrogen-bond acceptors (Lipinski definition) is 4. The van der Waals surface area contributed by atoms with Gasteiger partial charge in [0.25, 0.3) is 5.91 Å². The molecule has 0 fully saturated rings. The second-order valence-electron chi connectivity index (χ2n) is 4.98. The SMILES string of the molecule is CC(C)(C)OC(=O)NC1Cc2ccnn2C1=O. The zero-order valence-electron chi connectivity index (χ0n) is 10.1. The number of nitrogens with one attached hydrogen (secondary N) is 1. The summed E-state index contributed by atoms with van der Waals surface area (Å²) in [6.07, 6.45) is 1.44. The molecule has 0 bridgehead atoms. The van der Waals surface area contributed by atoms with E-state index in [1.165, 1.54) is 4.68 Å². The minimum Gasteiger partial charge on any atom is -0.444 e. The van der Waals surface area contributed by atoms with Gasteiger partial charge in [0.15, 0.2) is 0 Å². The molecule has 1 unspecified atom stereocenters. The van der Waals surface area contributed by atoms with Crippen LogP contribution in [0.5, 0.6) is 0 Å². The number of hydrogen-bond donors (Lipinski definition) is 1. The Morgan fingerprint density at radius 3 is 2.88 bits per heavy atom. The Bertz CT molecular complexity index is 459. The van der Waals surface area contributed by atoms with Crippen molar-refractivity contribution >= 4 is 12.0 Å². The van der Waals surface area contributed by atoms with Crippen LogP contribution in [0.4, 0.5) is 4.79 Å². The average Bonchev–Trinajstić information content (AvgIpc) is 2.69. The van der Waals surface area contributed by atoms with Crippen molar-refractivity contribution in [3.8, 4) is 0 Å². The summed E-state index contributed by atoms with van der Waals surface area (Å²) in [5.41, 5.74) is 0.232. The van der Waals surface area contributed by atoms with E-state index in [9.17, 15) is 9.59 Å². The highest BCUT2D eigenvalue weighted by Crippen LogP contribution is 2.14. The fraction of sp³-hybridized carbons (Fsp3) is 0.545. The predicted molar refractivity (Wildman–Crippen MR) is 59.7 cm³/mol. The van der Waals surface area contributed by atoms with E-state index >= 15 is 0 Å². The predicted octanol–water partition coefficient (Wildman–Crippen LogP) is 0.973. The lowest BCUT2D eigenvalue weighted by atomic mass is 10.2. The number of rotatable bonds is 1. The number of carbonyl (C=O) groups excluding carboxylic acids is 2. The van der Waals surface area contributed by atoms with Crippen molar-refractivity contribution in [1.82, 2.24) is 15.1 Å². The standard InChI is InChI=1S/C11H15N3O3/c1-11(2,3)17-10(16)13-8-6-7-4-5-12-14(7)9(8)15/h4-5,8H,6H2,1-3H3,(H,13,16). The first-order chi connectivity index (χ1) is 7.87. The smallest absolute Gasteiger partial charge is 0.408 e. The van der Waals surface area contributed by atoms with Gasteiger partial charge in [0, 0.05) is 18.3 Å². The summed E-state index contributed by atoms with van der Waals surface area (Å²) in [5, 5.41) is 6.43. The van der Waals surface area contributed by atoms with Crippen molar-refractivity contribution in [2.24, 2.45) is 0 Å². The Morgan fingerprint density at radius 1 is 1.59 bits per heavy atom. The number of amides is 1. The van der Waals surface area contributed by atoms with Crippen LogP contribution in [0.3, 0.4) is 0 Å². The molecule has 6 nitrogen and oxygen atoms in total. The highest BCUT2D eigenvalue weighted by molar-refractivity contribution is 5.90. The van der Waals surface area contributed by atoms with Gasteiger partial charge < -0.3 is 10.1 Å². The molecular weight excluding hydrogens is 222 g/mol. The summed E-state index contributed by atoms with van der Waals surface area (Å²) >= 11 is 0. The number of fused-ring (bicyclic) bond motifs is 1. The molecule has 0 radical (unpaired) electrons. The van der Waals surface area contributed by atoms with Crippen LogP contribution in [0.15, 0.2) is 12.3 Å². The van der Waals surface area contributed by atoms with Gasteiger partial charge in [0.1, 0.15) is 11.6 Å². The van der Waals surface area contributed by atoms with Crippen molar-refractivity contribution in [2.75, 3.05) is 0 Å². The number of carbonyl (C=O) groups is 2. The summed E-state index contributed by atoms with van der Waals surface area (Å²) in [5.74, 6) is -0.226. The minimum atomic E-state index is -0.582. The number of aromatic nitrogens is 2. The van der Waals surface area contributed by atoms with Crippen LogP contribution in [-0.4, -0.2) is 33.4 Å². The summed E-state index contributed by atoms with van der Waals surface area (Å²) < 4.78 is 6.40. The molecule has 1 aliphatic rings. The first kappa shape index (κ1) is 11.6. The summed E-state index contributed by atoms with van der Waals surface area (Å²) in [6.45, 7) is 5.32. The molecule has 92 valence electrons. The molecule has 1 amide bonds. The lowest BCUT2D eigenvalue weighted by molar-refractivity contribution is 0.0488. The Balaban J connectivity index is 1.97. The van der Waals surface area contributed by atoms with E-state index in [2.05, 4.69) is 10.4 Å². The third-order valence-corrected chi connectivity index (χ3v) is 2.33. The monoisotopic (exact) mass is 237 g/mol. The van der Waals surface area contributed by atoms with Gasteiger partial charge in [0.05, 0.1) is 0 Å². The molecule has 1 atom stereocenters. The third-order valence-electron chi connectivity index (χ3n) is 2.33. The van der Waals surface area contributed by atoms with Gasteiger partial charge in [-0.15, -0.1) is 0 Å². The van der Waals surface area contributed by atoms with Crippen LogP contribution in [-0.2, 0) is 11.2 Å². The number of ether oxygens (including phenoxy) is 1. The van der Waals surface area contributed by atoms with Gasteiger partial charge in [-0.3, -0.25) is 4.79 Å². The van der Waals surface area contributed by atoms with Gasteiger partial charge in [-0.2, -0.15) is 5.10 Å². The molecule has 2 heterocycles. The lowest BCUT2D eigenvalue weighted by Gasteiger charge is -2.21. The van der Waals surface area contributed by atoms with Gasteiger partial charge in [-0.25, -0.2) is 9.48 Å². The van der Waals surface area contributed by atoms with Crippen molar-refractivity contribution in [2.45, 2.75) is 38.8 Å². The van der Waals surface area contributed by atoms with Crippen molar-refractivity contribution in [3.63, 3.8) is 0 Å². The Morgan fingerprint density at radius 2 is 2.29 bits per heavy atom. The molecule has 1 N–H and O–H groups in total. The van der Waals surface area contributed by atoms with Crippen molar-refractivity contribution in [1.29, 1.82) is 0 Å². The van der Waals surface area contributed by atoms with Crippen LogP contribution in [0, 0.1) is 0 Å². The third kappa shape index (κ3) is 2.46. The molecule has 0 aliphatic carbocycles. The topological polar surface area (TPSA) is 73.2 Å². The maximum atomic E-state index is 11.8. The highest BCUT2D eigenvalue weighted by Gasteiger charge is 2.33. The summed E-state index contributed by atoms with van der Waals surface area (Å²) in [6, 6.07) is 1.18. The zero-order valence-corrected chi connectivity index (χ0v) is 10.1. The summed E-state index contributed by atoms with van der Waals surface area (Å²) in [7, 11) is 0. The number of alkyl carbamates (subject to hydrolysis) is 1. The van der Waals surface area contributed by atoms with Crippen LogP contribution in [0.1, 0.15) is 31.3 Å². The molecular formula is C11H15N3O3. The van der Waals surface area contributed by atoms with Crippen LogP contribution in [0.2, 0.25) is 0 Å². The second kappa shape index (κ2) is 3.87. The van der Waals surface area contributed by atoms with E-state index in [4.69, 9.17) is 4.74 Å².